The largest absolute Gasteiger partial charge is 0.351 e. The van der Waals surface area contributed by atoms with E-state index in [1.807, 2.05) is 42.5 Å². The van der Waals surface area contributed by atoms with Gasteiger partial charge in [0.05, 0.1) is 17.3 Å². The Morgan fingerprint density at radius 3 is 2.57 bits per heavy atom. The fourth-order valence-electron chi connectivity index (χ4n) is 3.48. The van der Waals surface area contributed by atoms with Gasteiger partial charge >= 0.3 is 0 Å². The number of amides is 1. The molecule has 3 N–H and O–H groups in total. The average Bonchev–Trinajstić information content (AvgIpc) is 2.68. The monoisotopic (exact) mass is 391 g/mol. The van der Waals surface area contributed by atoms with Crippen LogP contribution in [0.1, 0.15) is 18.5 Å². The molecule has 0 radical (unpaired) electrons. The summed E-state index contributed by atoms with van der Waals surface area (Å²) in [4.78, 5) is 13.1. The molecule has 3 aromatic rings. The first-order valence-electron chi connectivity index (χ1n) is 8.86. The Bertz CT molecular complexity index is 1120. The number of para-hydroxylation sites is 1. The summed E-state index contributed by atoms with van der Waals surface area (Å²) in [6, 6.07) is 19.6. The SMILES string of the molecule is CC1=C(C(=O)Nc2ccccc2F)C(c2cccc3ccccc23)NC(=S)N1. The Morgan fingerprint density at radius 1 is 1.04 bits per heavy atom. The second kappa shape index (κ2) is 7.40. The summed E-state index contributed by atoms with van der Waals surface area (Å²) in [5, 5.41) is 11.4. The molecule has 0 bridgehead atoms. The fourth-order valence-corrected chi connectivity index (χ4v) is 3.75. The molecule has 1 atom stereocenters. The number of nitrogens with one attached hydrogen (secondary N) is 3. The van der Waals surface area contributed by atoms with Crippen LogP contribution in [0.3, 0.4) is 0 Å². The molecule has 140 valence electrons. The van der Waals surface area contributed by atoms with Gasteiger partial charge in [0.15, 0.2) is 5.11 Å². The third-order valence-electron chi connectivity index (χ3n) is 4.77. The summed E-state index contributed by atoms with van der Waals surface area (Å²) in [6.45, 7) is 1.79. The Morgan fingerprint density at radius 2 is 1.75 bits per heavy atom. The Hall–Kier alpha value is -3.25. The molecule has 0 aliphatic carbocycles. The van der Waals surface area contributed by atoms with E-state index in [1.165, 1.54) is 12.1 Å². The minimum atomic E-state index is -0.483. The number of benzene rings is 3. The van der Waals surface area contributed by atoms with Gasteiger partial charge in [-0.05, 0) is 47.6 Å². The number of rotatable bonds is 3. The van der Waals surface area contributed by atoms with Gasteiger partial charge in [-0.1, -0.05) is 54.6 Å². The van der Waals surface area contributed by atoms with Crippen LogP contribution in [0.15, 0.2) is 78.0 Å². The maximum atomic E-state index is 14.0. The molecule has 0 fully saturated rings. The first-order chi connectivity index (χ1) is 13.5. The lowest BCUT2D eigenvalue weighted by Crippen LogP contribution is -2.45. The summed E-state index contributed by atoms with van der Waals surface area (Å²) < 4.78 is 14.0. The molecule has 3 aromatic carbocycles. The van der Waals surface area contributed by atoms with Gasteiger partial charge in [0, 0.05) is 5.70 Å². The molecule has 6 heteroatoms. The number of hydrogen-bond donors (Lipinski definition) is 3. The van der Waals surface area contributed by atoms with E-state index in [9.17, 15) is 9.18 Å². The van der Waals surface area contributed by atoms with Crippen molar-refractivity contribution in [1.82, 2.24) is 10.6 Å². The van der Waals surface area contributed by atoms with Crippen molar-refractivity contribution in [3.63, 3.8) is 0 Å². The summed E-state index contributed by atoms with van der Waals surface area (Å²) >= 11 is 5.32. The third-order valence-corrected chi connectivity index (χ3v) is 4.99. The van der Waals surface area contributed by atoms with Gasteiger partial charge in [-0.3, -0.25) is 4.79 Å². The number of halogens is 1. The predicted molar refractivity (Wildman–Crippen MR) is 113 cm³/mol. The van der Waals surface area contributed by atoms with Crippen molar-refractivity contribution in [1.29, 1.82) is 0 Å². The fraction of sp³-hybridized carbons (Fsp3) is 0.0909. The van der Waals surface area contributed by atoms with Gasteiger partial charge in [0.1, 0.15) is 5.82 Å². The highest BCUT2D eigenvalue weighted by Crippen LogP contribution is 2.32. The molecular formula is C22H18FN3OS. The smallest absolute Gasteiger partial charge is 0.255 e. The molecule has 1 amide bonds. The third kappa shape index (κ3) is 3.34. The van der Waals surface area contributed by atoms with Crippen LogP contribution in [-0.4, -0.2) is 11.0 Å². The molecule has 0 saturated heterocycles. The van der Waals surface area contributed by atoms with Crippen molar-refractivity contribution in [3.8, 4) is 0 Å². The van der Waals surface area contributed by atoms with Gasteiger partial charge in [0.2, 0.25) is 0 Å². The first kappa shape index (κ1) is 18.1. The van der Waals surface area contributed by atoms with E-state index in [4.69, 9.17) is 12.2 Å². The highest BCUT2D eigenvalue weighted by atomic mass is 32.1. The summed E-state index contributed by atoms with van der Waals surface area (Å²) in [6.07, 6.45) is 0. The summed E-state index contributed by atoms with van der Waals surface area (Å²) in [5.41, 5.74) is 2.17. The first-order valence-corrected chi connectivity index (χ1v) is 9.27. The molecule has 28 heavy (non-hydrogen) atoms. The van der Waals surface area contributed by atoms with E-state index in [0.717, 1.165) is 16.3 Å². The van der Waals surface area contributed by atoms with Crippen LogP contribution in [-0.2, 0) is 4.79 Å². The Kier molecular flexibility index (Phi) is 4.79. The standard InChI is InChI=1S/C22H18FN3OS/c1-13-19(21(27)25-18-12-5-4-11-17(18)23)20(26-22(28)24-13)16-10-6-8-14-7-2-3-9-15(14)16/h2-12,20H,1H3,(H,25,27)(H2,24,26,28). The van der Waals surface area contributed by atoms with E-state index in [1.54, 1.807) is 19.1 Å². The highest BCUT2D eigenvalue weighted by molar-refractivity contribution is 7.80. The molecule has 4 rings (SSSR count). The zero-order valence-electron chi connectivity index (χ0n) is 15.1. The average molecular weight is 391 g/mol. The van der Waals surface area contributed by atoms with Gasteiger partial charge in [-0.2, -0.15) is 0 Å². The van der Waals surface area contributed by atoms with Gasteiger partial charge in [0.25, 0.3) is 5.91 Å². The lowest BCUT2D eigenvalue weighted by molar-refractivity contribution is -0.113. The number of carbonyl (C=O) groups excluding carboxylic acids is 1. The van der Waals surface area contributed by atoms with E-state index >= 15 is 0 Å². The van der Waals surface area contributed by atoms with Crippen LogP contribution in [0.2, 0.25) is 0 Å². The van der Waals surface area contributed by atoms with Crippen molar-refractivity contribution in [2.75, 3.05) is 5.32 Å². The van der Waals surface area contributed by atoms with Crippen molar-refractivity contribution in [3.05, 3.63) is 89.4 Å². The normalized spacial score (nSPS) is 16.5. The lowest BCUT2D eigenvalue weighted by atomic mass is 9.91. The maximum Gasteiger partial charge on any atom is 0.255 e. The summed E-state index contributed by atoms with van der Waals surface area (Å²) in [5.74, 6) is -0.869. The summed E-state index contributed by atoms with van der Waals surface area (Å²) in [7, 11) is 0. The highest BCUT2D eigenvalue weighted by Gasteiger charge is 2.31. The molecule has 1 aliphatic rings. The molecule has 0 saturated carbocycles. The van der Waals surface area contributed by atoms with Gasteiger partial charge < -0.3 is 16.0 Å². The van der Waals surface area contributed by atoms with Crippen LogP contribution in [0, 0.1) is 5.82 Å². The molecular weight excluding hydrogens is 373 g/mol. The Balaban J connectivity index is 1.79. The van der Waals surface area contributed by atoms with Crippen LogP contribution < -0.4 is 16.0 Å². The number of anilines is 1. The van der Waals surface area contributed by atoms with Crippen molar-refractivity contribution < 1.29 is 9.18 Å². The molecule has 1 aliphatic heterocycles. The zero-order chi connectivity index (χ0) is 19.7. The van der Waals surface area contributed by atoms with Crippen molar-refractivity contribution in [2.24, 2.45) is 0 Å². The number of carbonyl (C=O) groups is 1. The van der Waals surface area contributed by atoms with Crippen LogP contribution in [0.5, 0.6) is 0 Å². The molecule has 1 heterocycles. The zero-order valence-corrected chi connectivity index (χ0v) is 15.9. The number of thiocarbonyl (C=S) groups is 1. The van der Waals surface area contributed by atoms with Crippen LogP contribution in [0.4, 0.5) is 10.1 Å². The number of allylic oxidation sites excluding steroid dienone is 1. The van der Waals surface area contributed by atoms with E-state index in [0.29, 0.717) is 16.4 Å². The van der Waals surface area contributed by atoms with Crippen LogP contribution in [0.25, 0.3) is 10.8 Å². The van der Waals surface area contributed by atoms with Gasteiger partial charge in [-0.25, -0.2) is 4.39 Å². The van der Waals surface area contributed by atoms with E-state index in [2.05, 4.69) is 16.0 Å². The van der Waals surface area contributed by atoms with E-state index < -0.39 is 11.9 Å². The number of fused-ring (bicyclic) bond motifs is 1. The molecule has 0 aromatic heterocycles. The predicted octanol–water partition coefficient (Wildman–Crippen LogP) is 4.41. The van der Waals surface area contributed by atoms with E-state index in [-0.39, 0.29) is 11.6 Å². The van der Waals surface area contributed by atoms with Crippen molar-refractivity contribution in [2.45, 2.75) is 13.0 Å². The molecule has 1 unspecified atom stereocenters. The Labute approximate surface area is 167 Å². The topological polar surface area (TPSA) is 53.2 Å². The minimum Gasteiger partial charge on any atom is -0.351 e. The molecule has 4 nitrogen and oxygen atoms in total. The lowest BCUT2D eigenvalue weighted by Gasteiger charge is -2.31. The minimum absolute atomic E-state index is 0.137. The number of hydrogen-bond acceptors (Lipinski definition) is 2. The second-order valence-corrected chi connectivity index (χ2v) is 6.98. The van der Waals surface area contributed by atoms with Gasteiger partial charge in [-0.15, -0.1) is 0 Å². The maximum absolute atomic E-state index is 14.0. The second-order valence-electron chi connectivity index (χ2n) is 6.57. The quantitative estimate of drug-likeness (QED) is 0.579. The van der Waals surface area contributed by atoms with Crippen molar-refractivity contribution >= 4 is 39.7 Å². The van der Waals surface area contributed by atoms with Crippen LogP contribution >= 0.6 is 12.2 Å². The molecule has 0 spiro atoms.